The second-order valence-corrected chi connectivity index (χ2v) is 7.86. The van der Waals surface area contributed by atoms with E-state index in [2.05, 4.69) is 11.9 Å². The Labute approximate surface area is 191 Å². The van der Waals surface area contributed by atoms with Crippen LogP contribution in [0.1, 0.15) is 18.1 Å². The summed E-state index contributed by atoms with van der Waals surface area (Å²) < 4.78 is 11.2. The third kappa shape index (κ3) is 5.59. The average Bonchev–Trinajstić information content (AvgIpc) is 3.02. The second kappa shape index (κ2) is 10.7. The summed E-state index contributed by atoms with van der Waals surface area (Å²) in [6.07, 6.45) is 3.23. The number of aryl methyl sites for hydroxylation is 1. The molecule has 8 heteroatoms. The van der Waals surface area contributed by atoms with E-state index in [4.69, 9.17) is 9.47 Å². The van der Waals surface area contributed by atoms with Gasteiger partial charge in [-0.25, -0.2) is 0 Å². The van der Waals surface area contributed by atoms with Gasteiger partial charge in [0.15, 0.2) is 11.5 Å². The molecule has 1 aliphatic heterocycles. The highest BCUT2D eigenvalue weighted by atomic mass is 32.2. The van der Waals surface area contributed by atoms with Gasteiger partial charge in [0.1, 0.15) is 13.2 Å². The summed E-state index contributed by atoms with van der Waals surface area (Å²) in [5, 5.41) is 2.25. The molecule has 32 heavy (non-hydrogen) atoms. The summed E-state index contributed by atoms with van der Waals surface area (Å²) in [7, 11) is 0. The lowest BCUT2D eigenvalue weighted by molar-refractivity contribution is -0.127. The molecular formula is C24H24N2O5S. The van der Waals surface area contributed by atoms with Crippen molar-refractivity contribution in [2.24, 2.45) is 0 Å². The van der Waals surface area contributed by atoms with E-state index in [0.717, 1.165) is 22.2 Å². The number of amides is 3. The van der Waals surface area contributed by atoms with Gasteiger partial charge in [0.05, 0.1) is 11.5 Å². The maximum absolute atomic E-state index is 12.8. The highest BCUT2D eigenvalue weighted by Gasteiger charge is 2.36. The minimum absolute atomic E-state index is 0.237. The van der Waals surface area contributed by atoms with E-state index < -0.39 is 17.1 Å². The highest BCUT2D eigenvalue weighted by Crippen LogP contribution is 2.34. The van der Waals surface area contributed by atoms with Gasteiger partial charge in [-0.15, -0.1) is 0 Å². The summed E-state index contributed by atoms with van der Waals surface area (Å²) in [5.41, 5.74) is 2.21. The molecule has 3 rings (SSSR count). The number of anilines is 1. The van der Waals surface area contributed by atoms with Gasteiger partial charge in [-0.1, -0.05) is 36.9 Å². The minimum Gasteiger partial charge on any atom is -0.490 e. The van der Waals surface area contributed by atoms with Crippen molar-refractivity contribution in [1.29, 1.82) is 0 Å². The maximum Gasteiger partial charge on any atom is 0.294 e. The summed E-state index contributed by atoms with van der Waals surface area (Å²) >= 11 is 0.799. The van der Waals surface area contributed by atoms with E-state index in [0.29, 0.717) is 36.0 Å². The van der Waals surface area contributed by atoms with Crippen LogP contribution in [-0.4, -0.2) is 41.7 Å². The van der Waals surface area contributed by atoms with Gasteiger partial charge in [0, 0.05) is 5.69 Å². The van der Waals surface area contributed by atoms with Crippen molar-refractivity contribution >= 4 is 40.6 Å². The van der Waals surface area contributed by atoms with Crippen molar-refractivity contribution in [2.45, 2.75) is 13.8 Å². The molecule has 0 unspecified atom stereocenters. The molecular weight excluding hydrogens is 428 g/mol. The third-order valence-corrected chi connectivity index (χ3v) is 5.42. The number of imide groups is 1. The fourth-order valence-corrected chi connectivity index (χ4v) is 3.82. The molecule has 0 aliphatic carbocycles. The number of rotatable bonds is 9. The summed E-state index contributed by atoms with van der Waals surface area (Å²) in [6.45, 7) is 7.78. The Balaban J connectivity index is 1.73. The van der Waals surface area contributed by atoms with Crippen molar-refractivity contribution < 1.29 is 23.9 Å². The molecule has 0 saturated carbocycles. The van der Waals surface area contributed by atoms with E-state index in [9.17, 15) is 14.4 Å². The zero-order valence-electron chi connectivity index (χ0n) is 17.9. The quantitative estimate of drug-likeness (QED) is 0.441. The number of nitrogens with zero attached hydrogens (tertiary/aromatic N) is 1. The van der Waals surface area contributed by atoms with Gasteiger partial charge in [0.25, 0.3) is 11.1 Å². The minimum atomic E-state index is -0.509. The molecule has 1 saturated heterocycles. The second-order valence-electron chi connectivity index (χ2n) is 6.87. The van der Waals surface area contributed by atoms with Crippen LogP contribution in [0.25, 0.3) is 6.08 Å². The average molecular weight is 453 g/mol. The Morgan fingerprint density at radius 1 is 1.16 bits per heavy atom. The molecule has 0 bridgehead atoms. The third-order valence-electron chi connectivity index (χ3n) is 4.52. The van der Waals surface area contributed by atoms with E-state index in [-0.39, 0.29) is 11.4 Å². The van der Waals surface area contributed by atoms with Crippen LogP contribution in [0.3, 0.4) is 0 Å². The topological polar surface area (TPSA) is 84.9 Å². The lowest BCUT2D eigenvalue weighted by Gasteiger charge is -2.13. The van der Waals surface area contributed by atoms with Crippen LogP contribution in [0.15, 0.2) is 60.0 Å². The van der Waals surface area contributed by atoms with Crippen LogP contribution in [0.5, 0.6) is 11.5 Å². The maximum atomic E-state index is 12.8. The van der Waals surface area contributed by atoms with E-state index >= 15 is 0 Å². The number of hydrogen-bond acceptors (Lipinski definition) is 6. The summed E-state index contributed by atoms with van der Waals surface area (Å²) in [4.78, 5) is 38.7. The van der Waals surface area contributed by atoms with Crippen LogP contribution in [-0.2, 0) is 9.59 Å². The van der Waals surface area contributed by atoms with Gasteiger partial charge in [-0.2, -0.15) is 0 Å². The van der Waals surface area contributed by atoms with Gasteiger partial charge in [0.2, 0.25) is 5.91 Å². The summed E-state index contributed by atoms with van der Waals surface area (Å²) in [5.74, 6) is 0.139. The molecule has 2 aromatic carbocycles. The van der Waals surface area contributed by atoms with E-state index in [1.54, 1.807) is 42.5 Å². The van der Waals surface area contributed by atoms with Crippen molar-refractivity contribution in [3.63, 3.8) is 0 Å². The molecule has 0 atom stereocenters. The Hall–Kier alpha value is -3.52. The van der Waals surface area contributed by atoms with Crippen molar-refractivity contribution in [2.75, 3.05) is 25.1 Å². The smallest absolute Gasteiger partial charge is 0.294 e. The molecule has 1 aliphatic rings. The Morgan fingerprint density at radius 2 is 1.94 bits per heavy atom. The lowest BCUT2D eigenvalue weighted by Crippen LogP contribution is -2.36. The zero-order valence-corrected chi connectivity index (χ0v) is 18.7. The van der Waals surface area contributed by atoms with Crippen molar-refractivity contribution in [1.82, 2.24) is 4.90 Å². The van der Waals surface area contributed by atoms with Gasteiger partial charge in [-0.05, 0) is 61.0 Å². The molecule has 7 nitrogen and oxygen atoms in total. The van der Waals surface area contributed by atoms with E-state index in [1.807, 2.05) is 26.0 Å². The van der Waals surface area contributed by atoms with Gasteiger partial charge >= 0.3 is 0 Å². The van der Waals surface area contributed by atoms with Crippen molar-refractivity contribution in [3.8, 4) is 11.5 Å². The Kier molecular flexibility index (Phi) is 7.72. The number of nitrogens with one attached hydrogen (secondary N) is 1. The monoisotopic (exact) mass is 452 g/mol. The number of benzene rings is 2. The first-order valence-corrected chi connectivity index (χ1v) is 10.9. The number of carbonyl (C=O) groups excluding carboxylic acids is 3. The predicted octanol–water partition coefficient (Wildman–Crippen LogP) is 4.63. The lowest BCUT2D eigenvalue weighted by atomic mass is 10.2. The first-order chi connectivity index (χ1) is 15.4. The van der Waals surface area contributed by atoms with Gasteiger partial charge < -0.3 is 14.8 Å². The van der Waals surface area contributed by atoms with Crippen molar-refractivity contribution in [3.05, 3.63) is 71.2 Å². The van der Waals surface area contributed by atoms with Crippen LogP contribution in [0.2, 0.25) is 0 Å². The van der Waals surface area contributed by atoms with Crippen LogP contribution in [0.4, 0.5) is 10.5 Å². The molecule has 0 aromatic heterocycles. The summed E-state index contributed by atoms with van der Waals surface area (Å²) in [6, 6.07) is 12.5. The van der Waals surface area contributed by atoms with Crippen LogP contribution >= 0.6 is 11.8 Å². The van der Waals surface area contributed by atoms with Crippen LogP contribution in [0, 0.1) is 6.92 Å². The number of carbonyl (C=O) groups is 3. The van der Waals surface area contributed by atoms with Gasteiger partial charge in [-0.3, -0.25) is 19.3 Å². The fraction of sp³-hybridized carbons (Fsp3) is 0.208. The largest absolute Gasteiger partial charge is 0.490 e. The molecule has 2 aromatic rings. The number of ether oxygens (including phenoxy) is 2. The zero-order chi connectivity index (χ0) is 23.1. The molecule has 3 amide bonds. The molecule has 166 valence electrons. The Bertz CT molecular complexity index is 1080. The first-order valence-electron chi connectivity index (χ1n) is 10.0. The SMILES string of the molecule is C=CCOc1ccc(/C=C2/SC(=O)N(CC(=O)Nc3ccccc3C)C2=O)cc1OCC. The first kappa shape index (κ1) is 23.1. The normalized spacial score (nSPS) is 14.6. The molecule has 1 heterocycles. The number of hydrogen-bond donors (Lipinski definition) is 1. The fourth-order valence-electron chi connectivity index (χ4n) is 2.98. The predicted molar refractivity (Wildman–Crippen MR) is 126 cm³/mol. The molecule has 0 spiro atoms. The molecule has 1 N–H and O–H groups in total. The highest BCUT2D eigenvalue weighted by molar-refractivity contribution is 8.18. The molecule has 0 radical (unpaired) electrons. The van der Waals surface area contributed by atoms with Crippen LogP contribution < -0.4 is 14.8 Å². The number of para-hydroxylation sites is 1. The number of thioether (sulfide) groups is 1. The molecule has 1 fully saturated rings. The van der Waals surface area contributed by atoms with E-state index in [1.165, 1.54) is 0 Å². The Morgan fingerprint density at radius 3 is 2.66 bits per heavy atom. The standard InChI is InChI=1S/C24H24N2O5S/c1-4-12-31-19-11-10-17(13-20(19)30-5-2)14-21-23(28)26(24(29)32-21)15-22(27)25-18-9-7-6-8-16(18)3/h4,6-11,13-14H,1,5,12,15H2,2-3H3,(H,25,27)/b21-14+.